The lowest BCUT2D eigenvalue weighted by molar-refractivity contribution is 0.103. The highest BCUT2D eigenvalue weighted by atomic mass is 19.1. The minimum Gasteiger partial charge on any atom is -0.288 e. The second-order valence-corrected chi connectivity index (χ2v) is 5.74. The van der Waals surface area contributed by atoms with Crippen molar-refractivity contribution in [2.45, 2.75) is 32.6 Å². The van der Waals surface area contributed by atoms with Crippen molar-refractivity contribution in [3.05, 3.63) is 70.8 Å². The Morgan fingerprint density at radius 3 is 2.00 bits per heavy atom. The molecule has 0 spiro atoms. The molecule has 0 heterocycles. The number of carbonyl (C=O) groups excluding carboxylic acids is 1. The molecule has 0 fully saturated rings. The van der Waals surface area contributed by atoms with Crippen LogP contribution in [0.5, 0.6) is 0 Å². The maximum atomic E-state index is 13.6. The molecule has 0 aromatic heterocycles. The number of hydrogen-bond donors (Lipinski definition) is 0. The first-order chi connectivity index (χ1) is 9.86. The summed E-state index contributed by atoms with van der Waals surface area (Å²) in [6.45, 7) is 6.31. The van der Waals surface area contributed by atoms with E-state index >= 15 is 0 Å². The Kier molecular flexibility index (Phi) is 4.21. The van der Waals surface area contributed by atoms with Crippen LogP contribution < -0.4 is 0 Å². The molecule has 0 amide bonds. The molecule has 2 rings (SSSR count). The van der Waals surface area contributed by atoms with Gasteiger partial charge in [0.25, 0.3) is 0 Å². The fourth-order valence-electron chi connectivity index (χ4n) is 2.14. The third kappa shape index (κ3) is 3.02. The molecule has 21 heavy (non-hydrogen) atoms. The maximum absolute atomic E-state index is 13.6. The first-order valence-corrected chi connectivity index (χ1v) is 6.96. The summed E-state index contributed by atoms with van der Waals surface area (Å²) in [6.07, 6.45) is 0.961. The predicted molar refractivity (Wildman–Crippen MR) is 79.5 cm³/mol. The molecule has 0 aliphatic carbocycles. The molecular formula is C18H18F2O. The van der Waals surface area contributed by atoms with Crippen LogP contribution in [0.3, 0.4) is 0 Å². The van der Waals surface area contributed by atoms with Crippen LogP contribution in [0.25, 0.3) is 0 Å². The fourth-order valence-corrected chi connectivity index (χ4v) is 2.14. The van der Waals surface area contributed by atoms with Gasteiger partial charge in [0.2, 0.25) is 0 Å². The zero-order valence-corrected chi connectivity index (χ0v) is 12.4. The van der Waals surface area contributed by atoms with Crippen molar-refractivity contribution in [2.75, 3.05) is 0 Å². The lowest BCUT2D eigenvalue weighted by Gasteiger charge is -2.23. The average molecular weight is 288 g/mol. The molecule has 0 aliphatic heterocycles. The Balaban J connectivity index is 2.37. The zero-order chi connectivity index (χ0) is 15.6. The number of benzene rings is 2. The molecular weight excluding hydrogens is 270 g/mol. The standard InChI is InChI=1S/C18H18F2O/c1-4-18(2,3)13-10-8-12(9-11-13)17(21)16-14(19)6-5-7-15(16)20/h5-11H,4H2,1-3H3. The van der Waals surface area contributed by atoms with Gasteiger partial charge >= 0.3 is 0 Å². The number of carbonyl (C=O) groups is 1. The third-order valence-electron chi connectivity index (χ3n) is 4.00. The van der Waals surface area contributed by atoms with Gasteiger partial charge in [-0.15, -0.1) is 0 Å². The van der Waals surface area contributed by atoms with Crippen molar-refractivity contribution in [3.8, 4) is 0 Å². The normalized spacial score (nSPS) is 11.5. The Bertz CT molecular complexity index is 637. The van der Waals surface area contributed by atoms with Crippen molar-refractivity contribution < 1.29 is 13.6 Å². The van der Waals surface area contributed by atoms with Crippen LogP contribution in [0.15, 0.2) is 42.5 Å². The summed E-state index contributed by atoms with van der Waals surface area (Å²) >= 11 is 0. The largest absolute Gasteiger partial charge is 0.288 e. The summed E-state index contributed by atoms with van der Waals surface area (Å²) in [5.41, 5.74) is 0.885. The van der Waals surface area contributed by atoms with Crippen LogP contribution in [0.2, 0.25) is 0 Å². The summed E-state index contributed by atoms with van der Waals surface area (Å²) in [5.74, 6) is -2.30. The van der Waals surface area contributed by atoms with Crippen LogP contribution in [0.4, 0.5) is 8.78 Å². The molecule has 0 radical (unpaired) electrons. The number of ketones is 1. The van der Waals surface area contributed by atoms with Crippen LogP contribution in [-0.4, -0.2) is 5.78 Å². The van der Waals surface area contributed by atoms with E-state index in [-0.39, 0.29) is 11.0 Å². The highest BCUT2D eigenvalue weighted by Gasteiger charge is 2.21. The third-order valence-corrected chi connectivity index (χ3v) is 4.00. The molecule has 0 saturated heterocycles. The summed E-state index contributed by atoms with van der Waals surface area (Å²) < 4.78 is 27.3. The van der Waals surface area contributed by atoms with E-state index in [1.165, 1.54) is 6.07 Å². The Morgan fingerprint density at radius 1 is 1.00 bits per heavy atom. The smallest absolute Gasteiger partial charge is 0.198 e. The van der Waals surface area contributed by atoms with E-state index in [4.69, 9.17) is 0 Å². The first-order valence-electron chi connectivity index (χ1n) is 6.96. The van der Waals surface area contributed by atoms with E-state index in [1.54, 1.807) is 12.1 Å². The van der Waals surface area contributed by atoms with Gasteiger partial charge < -0.3 is 0 Å². The van der Waals surface area contributed by atoms with Crippen LogP contribution in [0.1, 0.15) is 48.7 Å². The highest BCUT2D eigenvalue weighted by Crippen LogP contribution is 2.27. The van der Waals surface area contributed by atoms with Crippen molar-refractivity contribution in [1.82, 2.24) is 0 Å². The van der Waals surface area contributed by atoms with E-state index in [2.05, 4.69) is 20.8 Å². The average Bonchev–Trinajstić information content (AvgIpc) is 2.47. The molecule has 0 aliphatic rings. The Morgan fingerprint density at radius 2 is 1.52 bits per heavy atom. The summed E-state index contributed by atoms with van der Waals surface area (Å²) in [7, 11) is 0. The topological polar surface area (TPSA) is 17.1 Å². The maximum Gasteiger partial charge on any atom is 0.198 e. The second kappa shape index (κ2) is 5.76. The number of halogens is 2. The van der Waals surface area contributed by atoms with E-state index < -0.39 is 23.0 Å². The van der Waals surface area contributed by atoms with Gasteiger partial charge in [0.1, 0.15) is 11.6 Å². The minimum absolute atomic E-state index is 0.00479. The number of hydrogen-bond acceptors (Lipinski definition) is 1. The first kappa shape index (κ1) is 15.4. The molecule has 0 atom stereocenters. The van der Waals surface area contributed by atoms with Gasteiger partial charge in [-0.05, 0) is 29.5 Å². The van der Waals surface area contributed by atoms with Crippen molar-refractivity contribution in [3.63, 3.8) is 0 Å². The van der Waals surface area contributed by atoms with Gasteiger partial charge in [-0.25, -0.2) is 8.78 Å². The molecule has 0 unspecified atom stereocenters. The van der Waals surface area contributed by atoms with E-state index in [0.29, 0.717) is 0 Å². The van der Waals surface area contributed by atoms with E-state index in [9.17, 15) is 13.6 Å². The van der Waals surface area contributed by atoms with Crippen molar-refractivity contribution in [1.29, 1.82) is 0 Å². The fraction of sp³-hybridized carbons (Fsp3) is 0.278. The lowest BCUT2D eigenvalue weighted by atomic mass is 9.82. The molecule has 3 heteroatoms. The Labute approximate surface area is 123 Å². The molecule has 0 bridgehead atoms. The highest BCUT2D eigenvalue weighted by molar-refractivity contribution is 6.09. The molecule has 2 aromatic carbocycles. The van der Waals surface area contributed by atoms with Gasteiger partial charge in [0.05, 0.1) is 5.56 Å². The monoisotopic (exact) mass is 288 g/mol. The minimum atomic E-state index is -0.835. The quantitative estimate of drug-likeness (QED) is 0.732. The summed E-state index contributed by atoms with van der Waals surface area (Å²) in [4.78, 5) is 12.2. The SMILES string of the molecule is CCC(C)(C)c1ccc(C(=O)c2c(F)cccc2F)cc1. The molecule has 2 aromatic rings. The molecule has 0 saturated carbocycles. The lowest BCUT2D eigenvalue weighted by Crippen LogP contribution is -2.15. The summed E-state index contributed by atoms with van der Waals surface area (Å²) in [6, 6.07) is 10.4. The van der Waals surface area contributed by atoms with Gasteiger partial charge in [0.15, 0.2) is 5.78 Å². The second-order valence-electron chi connectivity index (χ2n) is 5.74. The van der Waals surface area contributed by atoms with Crippen LogP contribution in [0, 0.1) is 11.6 Å². The molecule has 110 valence electrons. The predicted octanol–water partition coefficient (Wildman–Crippen LogP) is 4.88. The van der Waals surface area contributed by atoms with Crippen LogP contribution in [-0.2, 0) is 5.41 Å². The molecule has 1 nitrogen and oxygen atoms in total. The van der Waals surface area contributed by atoms with Crippen molar-refractivity contribution >= 4 is 5.78 Å². The number of rotatable bonds is 4. The van der Waals surface area contributed by atoms with E-state index in [1.807, 2.05) is 12.1 Å². The van der Waals surface area contributed by atoms with E-state index in [0.717, 1.165) is 24.1 Å². The zero-order valence-electron chi connectivity index (χ0n) is 12.4. The summed E-state index contributed by atoms with van der Waals surface area (Å²) in [5, 5.41) is 0. The molecule has 0 N–H and O–H groups in total. The van der Waals surface area contributed by atoms with Crippen LogP contribution >= 0.6 is 0 Å². The van der Waals surface area contributed by atoms with Crippen molar-refractivity contribution in [2.24, 2.45) is 0 Å². The van der Waals surface area contributed by atoms with Gasteiger partial charge in [-0.3, -0.25) is 4.79 Å². The Hall–Kier alpha value is -2.03. The van der Waals surface area contributed by atoms with Gasteiger partial charge in [-0.2, -0.15) is 0 Å². The van der Waals surface area contributed by atoms with Gasteiger partial charge in [0, 0.05) is 5.56 Å². The van der Waals surface area contributed by atoms with Gasteiger partial charge in [-0.1, -0.05) is 51.1 Å².